The van der Waals surface area contributed by atoms with Crippen molar-refractivity contribution < 1.29 is 9.59 Å². The summed E-state index contributed by atoms with van der Waals surface area (Å²) in [5.74, 6) is -0.321. The number of hydrogen-bond acceptors (Lipinski definition) is 2. The number of hydrazine groups is 1. The molecule has 2 aromatic carbocycles. The second-order valence-corrected chi connectivity index (χ2v) is 5.66. The molecular weight excluding hydrogens is 300 g/mol. The van der Waals surface area contributed by atoms with E-state index in [1.807, 2.05) is 57.2 Å². The van der Waals surface area contributed by atoms with E-state index < -0.39 is 0 Å². The van der Waals surface area contributed by atoms with E-state index in [2.05, 4.69) is 0 Å². The molecule has 1 atom stereocenters. The van der Waals surface area contributed by atoms with E-state index in [9.17, 15) is 9.59 Å². The van der Waals surface area contributed by atoms with Gasteiger partial charge in [0.05, 0.1) is 6.04 Å². The Morgan fingerprint density at radius 3 is 1.71 bits per heavy atom. The predicted octanol–water partition coefficient (Wildman–Crippen LogP) is 4.00. The van der Waals surface area contributed by atoms with E-state index in [1.165, 1.54) is 0 Å². The average molecular weight is 324 g/mol. The second kappa shape index (κ2) is 8.29. The van der Waals surface area contributed by atoms with Crippen molar-refractivity contribution in [1.29, 1.82) is 0 Å². The molecule has 4 heteroatoms. The van der Waals surface area contributed by atoms with Gasteiger partial charge in [0.1, 0.15) is 0 Å². The van der Waals surface area contributed by atoms with Crippen molar-refractivity contribution in [2.75, 3.05) is 6.54 Å². The molecule has 0 N–H and O–H groups in total. The fourth-order valence-electron chi connectivity index (χ4n) is 2.56. The van der Waals surface area contributed by atoms with Crippen LogP contribution in [0.15, 0.2) is 60.7 Å². The van der Waals surface area contributed by atoms with Crippen LogP contribution in [0.1, 0.15) is 47.9 Å². The van der Waals surface area contributed by atoms with Gasteiger partial charge in [0.15, 0.2) is 0 Å². The molecule has 0 radical (unpaired) electrons. The summed E-state index contributed by atoms with van der Waals surface area (Å²) >= 11 is 0. The first-order chi connectivity index (χ1) is 11.6. The van der Waals surface area contributed by atoms with Crippen molar-refractivity contribution in [1.82, 2.24) is 10.0 Å². The van der Waals surface area contributed by atoms with E-state index in [4.69, 9.17) is 0 Å². The van der Waals surface area contributed by atoms with Crippen molar-refractivity contribution in [2.45, 2.75) is 33.2 Å². The van der Waals surface area contributed by atoms with Crippen LogP contribution in [0.2, 0.25) is 0 Å². The van der Waals surface area contributed by atoms with Crippen LogP contribution in [0, 0.1) is 0 Å². The minimum atomic E-state index is -0.164. The Kier molecular flexibility index (Phi) is 6.13. The summed E-state index contributed by atoms with van der Waals surface area (Å²) in [4.78, 5) is 25.9. The van der Waals surface area contributed by atoms with Crippen molar-refractivity contribution in [3.63, 3.8) is 0 Å². The fraction of sp³-hybridized carbons (Fsp3) is 0.300. The highest BCUT2D eigenvalue weighted by Crippen LogP contribution is 2.17. The number of hydrogen-bond donors (Lipinski definition) is 0. The second-order valence-electron chi connectivity index (χ2n) is 5.66. The van der Waals surface area contributed by atoms with Crippen LogP contribution in [0.5, 0.6) is 0 Å². The van der Waals surface area contributed by atoms with Gasteiger partial charge in [-0.05, 0) is 44.5 Å². The maximum atomic E-state index is 13.0. The normalized spacial score (nSPS) is 11.6. The molecule has 0 saturated heterocycles. The zero-order valence-electron chi connectivity index (χ0n) is 14.5. The Labute approximate surface area is 143 Å². The van der Waals surface area contributed by atoms with Crippen LogP contribution >= 0.6 is 0 Å². The first-order valence-electron chi connectivity index (χ1n) is 8.35. The third-order valence-corrected chi connectivity index (χ3v) is 4.05. The summed E-state index contributed by atoms with van der Waals surface area (Å²) < 4.78 is 0. The number of carbonyl (C=O) groups excluding carboxylic acids is 2. The molecule has 0 aliphatic heterocycles. The molecule has 0 aliphatic rings. The Balaban J connectivity index is 2.38. The van der Waals surface area contributed by atoms with Crippen molar-refractivity contribution in [3.8, 4) is 0 Å². The van der Waals surface area contributed by atoms with Crippen molar-refractivity contribution in [2.24, 2.45) is 0 Å². The standard InChI is InChI=1S/C20H24N2O2/c1-4-16(3)22(20(24)18-14-10-7-11-15-18)21(5-2)19(23)17-12-8-6-9-13-17/h6-16H,4-5H2,1-3H3. The maximum Gasteiger partial charge on any atom is 0.272 e. The van der Waals surface area contributed by atoms with E-state index in [-0.39, 0.29) is 17.9 Å². The van der Waals surface area contributed by atoms with Crippen molar-refractivity contribution in [3.05, 3.63) is 71.8 Å². The zero-order chi connectivity index (χ0) is 17.5. The Hall–Kier alpha value is -2.62. The van der Waals surface area contributed by atoms with Crippen LogP contribution in [0.4, 0.5) is 0 Å². The largest absolute Gasteiger partial charge is 0.272 e. The summed E-state index contributed by atoms with van der Waals surface area (Å²) in [6.07, 6.45) is 0.761. The molecule has 0 fully saturated rings. The highest BCUT2D eigenvalue weighted by Gasteiger charge is 2.29. The summed E-state index contributed by atoms with van der Waals surface area (Å²) in [7, 11) is 0. The van der Waals surface area contributed by atoms with Gasteiger partial charge in [-0.25, -0.2) is 10.0 Å². The lowest BCUT2D eigenvalue weighted by Crippen LogP contribution is -2.53. The summed E-state index contributed by atoms with van der Waals surface area (Å²) in [6.45, 7) is 6.28. The van der Waals surface area contributed by atoms with E-state index in [1.54, 1.807) is 34.3 Å². The maximum absolute atomic E-state index is 13.0. The molecule has 2 aromatic rings. The minimum absolute atomic E-state index is 0.0784. The molecule has 1 unspecified atom stereocenters. The molecule has 2 amide bonds. The van der Waals surface area contributed by atoms with Gasteiger partial charge in [-0.15, -0.1) is 0 Å². The highest BCUT2D eigenvalue weighted by molar-refractivity contribution is 5.99. The molecule has 2 rings (SSSR count). The third kappa shape index (κ3) is 3.82. The number of amides is 2. The van der Waals surface area contributed by atoms with Crippen LogP contribution in [-0.4, -0.2) is 34.4 Å². The Morgan fingerprint density at radius 1 is 0.833 bits per heavy atom. The van der Waals surface area contributed by atoms with E-state index in [0.29, 0.717) is 17.7 Å². The van der Waals surface area contributed by atoms with E-state index >= 15 is 0 Å². The van der Waals surface area contributed by atoms with Gasteiger partial charge in [0.2, 0.25) is 0 Å². The quantitative estimate of drug-likeness (QED) is 0.780. The third-order valence-electron chi connectivity index (χ3n) is 4.05. The first-order valence-corrected chi connectivity index (χ1v) is 8.35. The lowest BCUT2D eigenvalue weighted by Gasteiger charge is -2.38. The highest BCUT2D eigenvalue weighted by atomic mass is 16.2. The van der Waals surface area contributed by atoms with Crippen molar-refractivity contribution >= 4 is 11.8 Å². The van der Waals surface area contributed by atoms with Gasteiger partial charge in [0.25, 0.3) is 11.8 Å². The van der Waals surface area contributed by atoms with Crippen LogP contribution in [-0.2, 0) is 0 Å². The lowest BCUT2D eigenvalue weighted by atomic mass is 10.1. The average Bonchev–Trinajstić information content (AvgIpc) is 2.65. The topological polar surface area (TPSA) is 40.6 Å². The van der Waals surface area contributed by atoms with Crippen LogP contribution in [0.3, 0.4) is 0 Å². The molecule has 0 spiro atoms. The van der Waals surface area contributed by atoms with Gasteiger partial charge in [-0.3, -0.25) is 9.59 Å². The molecule has 4 nitrogen and oxygen atoms in total. The van der Waals surface area contributed by atoms with Gasteiger partial charge in [-0.1, -0.05) is 43.3 Å². The van der Waals surface area contributed by atoms with Crippen LogP contribution in [0.25, 0.3) is 0 Å². The minimum Gasteiger partial charge on any atom is -0.267 e. The lowest BCUT2D eigenvalue weighted by molar-refractivity contribution is -0.0187. The molecule has 0 heterocycles. The summed E-state index contributed by atoms with van der Waals surface area (Å²) in [5.41, 5.74) is 1.16. The van der Waals surface area contributed by atoms with Gasteiger partial charge < -0.3 is 0 Å². The molecule has 0 aromatic heterocycles. The molecular formula is C20H24N2O2. The molecule has 0 saturated carbocycles. The van der Waals surface area contributed by atoms with Crippen LogP contribution < -0.4 is 0 Å². The molecule has 24 heavy (non-hydrogen) atoms. The Morgan fingerprint density at radius 2 is 1.29 bits per heavy atom. The number of nitrogens with zero attached hydrogens (tertiary/aromatic N) is 2. The first kappa shape index (κ1) is 17.7. The SMILES string of the molecule is CCC(C)N(C(=O)c1ccccc1)N(CC)C(=O)c1ccccc1. The molecule has 126 valence electrons. The molecule has 0 bridgehead atoms. The zero-order valence-corrected chi connectivity index (χ0v) is 14.5. The van der Waals surface area contributed by atoms with Gasteiger partial charge >= 0.3 is 0 Å². The summed E-state index contributed by atoms with van der Waals surface area (Å²) in [5, 5.41) is 3.13. The smallest absolute Gasteiger partial charge is 0.267 e. The monoisotopic (exact) mass is 324 g/mol. The number of benzene rings is 2. The number of rotatable bonds is 5. The molecule has 0 aliphatic carbocycles. The number of carbonyl (C=O) groups is 2. The predicted molar refractivity (Wildman–Crippen MR) is 95.5 cm³/mol. The fourth-order valence-corrected chi connectivity index (χ4v) is 2.56. The van der Waals surface area contributed by atoms with Gasteiger partial charge in [-0.2, -0.15) is 0 Å². The van der Waals surface area contributed by atoms with Gasteiger partial charge in [0, 0.05) is 17.7 Å². The van der Waals surface area contributed by atoms with E-state index in [0.717, 1.165) is 6.42 Å². The summed E-state index contributed by atoms with van der Waals surface area (Å²) in [6, 6.07) is 18.1. The Bertz CT molecular complexity index is 671.